The number of para-hydroxylation sites is 1. The van der Waals surface area contributed by atoms with Crippen molar-refractivity contribution >= 4 is 17.6 Å². The number of anilines is 1. The number of carboxylic acids is 1. The summed E-state index contributed by atoms with van der Waals surface area (Å²) in [4.78, 5) is 24.8. The smallest absolute Gasteiger partial charge is 0.308 e. The maximum atomic E-state index is 12.1. The Balaban J connectivity index is 2.24. The lowest BCUT2D eigenvalue weighted by Crippen LogP contribution is -2.43. The topological polar surface area (TPSA) is 66.8 Å². The number of carbonyl (C=O) groups excluding carboxylic acids is 1. The molecule has 0 spiro atoms. The van der Waals surface area contributed by atoms with Gasteiger partial charge in [0.1, 0.15) is 0 Å². The first-order valence-electron chi connectivity index (χ1n) is 6.73. The molecule has 1 N–H and O–H groups in total. The first-order valence-corrected chi connectivity index (χ1v) is 6.73. The van der Waals surface area contributed by atoms with E-state index in [4.69, 9.17) is 9.84 Å². The minimum Gasteiger partial charge on any atom is -0.481 e. The summed E-state index contributed by atoms with van der Waals surface area (Å²) in [5, 5.41) is 9.14. The first kappa shape index (κ1) is 14.5. The van der Waals surface area contributed by atoms with Gasteiger partial charge in [0.05, 0.1) is 12.5 Å². The van der Waals surface area contributed by atoms with Gasteiger partial charge in [-0.25, -0.2) is 0 Å². The van der Waals surface area contributed by atoms with Gasteiger partial charge in [-0.15, -0.1) is 0 Å². The van der Waals surface area contributed by atoms with E-state index in [1.54, 1.807) is 12.0 Å². The number of amides is 1. The first-order chi connectivity index (χ1) is 9.63. The number of nitrogens with zero attached hydrogens (tertiary/aromatic N) is 1. The van der Waals surface area contributed by atoms with Gasteiger partial charge >= 0.3 is 5.97 Å². The molecule has 1 amide bonds. The number of benzene rings is 1. The molecule has 5 heteroatoms. The zero-order chi connectivity index (χ0) is 14.5. The van der Waals surface area contributed by atoms with Crippen molar-refractivity contribution in [1.82, 2.24) is 0 Å². The van der Waals surface area contributed by atoms with Gasteiger partial charge in [0, 0.05) is 25.8 Å². The highest BCUT2D eigenvalue weighted by Crippen LogP contribution is 2.27. The maximum Gasteiger partial charge on any atom is 0.308 e. The molecule has 1 saturated heterocycles. The lowest BCUT2D eigenvalue weighted by molar-refractivity contribution is -0.142. The molecule has 1 unspecified atom stereocenters. The summed E-state index contributed by atoms with van der Waals surface area (Å²) in [6, 6.07) is 7.60. The fraction of sp³-hybridized carbons (Fsp3) is 0.467. The van der Waals surface area contributed by atoms with E-state index in [9.17, 15) is 9.59 Å². The molecule has 0 saturated carbocycles. The molecule has 1 aromatic rings. The fourth-order valence-electron chi connectivity index (χ4n) is 2.48. The van der Waals surface area contributed by atoms with Crippen LogP contribution in [-0.4, -0.2) is 37.2 Å². The number of hydrogen-bond donors (Lipinski definition) is 1. The number of aliphatic carboxylic acids is 1. The Bertz CT molecular complexity index is 500. The van der Waals surface area contributed by atoms with E-state index < -0.39 is 11.9 Å². The molecule has 1 aliphatic rings. The summed E-state index contributed by atoms with van der Waals surface area (Å²) in [6.45, 7) is 0.819. The molecule has 1 fully saturated rings. The third-order valence-electron chi connectivity index (χ3n) is 3.62. The Morgan fingerprint density at radius 1 is 1.45 bits per heavy atom. The van der Waals surface area contributed by atoms with E-state index in [0.717, 1.165) is 11.3 Å². The Morgan fingerprint density at radius 2 is 2.20 bits per heavy atom. The van der Waals surface area contributed by atoms with Crippen molar-refractivity contribution in [3.8, 4) is 0 Å². The summed E-state index contributed by atoms with van der Waals surface area (Å²) in [5.74, 6) is -1.33. The van der Waals surface area contributed by atoms with Crippen LogP contribution in [0.4, 0.5) is 5.69 Å². The average molecular weight is 277 g/mol. The van der Waals surface area contributed by atoms with Crippen LogP contribution in [0.5, 0.6) is 0 Å². The van der Waals surface area contributed by atoms with Gasteiger partial charge in [0.2, 0.25) is 5.91 Å². The summed E-state index contributed by atoms with van der Waals surface area (Å²) >= 11 is 0. The third kappa shape index (κ3) is 3.17. The fourth-order valence-corrected chi connectivity index (χ4v) is 2.48. The number of methoxy groups -OCH3 is 1. The van der Waals surface area contributed by atoms with Crippen molar-refractivity contribution in [2.75, 3.05) is 25.2 Å². The summed E-state index contributed by atoms with van der Waals surface area (Å²) in [5.41, 5.74) is 1.81. The molecule has 20 heavy (non-hydrogen) atoms. The Hall–Kier alpha value is -1.88. The normalized spacial score (nSPS) is 19.1. The molecule has 2 rings (SSSR count). The van der Waals surface area contributed by atoms with Gasteiger partial charge in [-0.05, 0) is 24.5 Å². The number of ether oxygens (including phenoxy) is 1. The van der Waals surface area contributed by atoms with E-state index in [1.165, 1.54) is 0 Å². The lowest BCUT2D eigenvalue weighted by atomic mass is 9.96. The third-order valence-corrected chi connectivity index (χ3v) is 3.62. The van der Waals surface area contributed by atoms with Gasteiger partial charge in [0.25, 0.3) is 0 Å². The molecular weight excluding hydrogens is 258 g/mol. The van der Waals surface area contributed by atoms with Crippen LogP contribution in [0.1, 0.15) is 18.4 Å². The number of piperidine rings is 1. The van der Waals surface area contributed by atoms with Crippen LogP contribution in [-0.2, 0) is 20.7 Å². The van der Waals surface area contributed by atoms with Crippen molar-refractivity contribution < 1.29 is 19.4 Å². The van der Waals surface area contributed by atoms with Crippen LogP contribution >= 0.6 is 0 Å². The minimum absolute atomic E-state index is 0.00707. The molecular formula is C15H19NO4. The van der Waals surface area contributed by atoms with E-state index in [1.807, 2.05) is 24.3 Å². The predicted octanol–water partition coefficient (Wildman–Crippen LogP) is 1.70. The Labute approximate surface area is 118 Å². The summed E-state index contributed by atoms with van der Waals surface area (Å²) in [6.07, 6.45) is 1.41. The van der Waals surface area contributed by atoms with Crippen LogP contribution in [0.15, 0.2) is 24.3 Å². The Kier molecular flexibility index (Phi) is 4.74. The second kappa shape index (κ2) is 6.52. The highest BCUT2D eigenvalue weighted by molar-refractivity contribution is 5.96. The molecule has 108 valence electrons. The van der Waals surface area contributed by atoms with E-state index in [0.29, 0.717) is 19.4 Å². The monoisotopic (exact) mass is 277 g/mol. The zero-order valence-electron chi connectivity index (χ0n) is 11.5. The predicted molar refractivity (Wildman–Crippen MR) is 74.7 cm³/mol. The van der Waals surface area contributed by atoms with Gasteiger partial charge < -0.3 is 14.7 Å². The van der Waals surface area contributed by atoms with Crippen molar-refractivity contribution in [3.05, 3.63) is 29.8 Å². The Morgan fingerprint density at radius 3 is 2.90 bits per heavy atom. The van der Waals surface area contributed by atoms with E-state index >= 15 is 0 Å². The van der Waals surface area contributed by atoms with Crippen molar-refractivity contribution in [2.24, 2.45) is 5.92 Å². The number of hydrogen-bond acceptors (Lipinski definition) is 3. The molecule has 1 heterocycles. The highest BCUT2D eigenvalue weighted by atomic mass is 16.5. The molecule has 0 aliphatic carbocycles. The molecule has 5 nitrogen and oxygen atoms in total. The van der Waals surface area contributed by atoms with Crippen LogP contribution < -0.4 is 4.90 Å². The van der Waals surface area contributed by atoms with Crippen molar-refractivity contribution in [1.29, 1.82) is 0 Å². The van der Waals surface area contributed by atoms with E-state index in [2.05, 4.69) is 0 Å². The van der Waals surface area contributed by atoms with Gasteiger partial charge in [-0.3, -0.25) is 9.59 Å². The standard InChI is InChI=1S/C15H19NO4/c1-20-9-8-11-4-2-3-5-13(11)16-10-12(15(18)19)6-7-14(16)17/h2-5,12H,6-10H2,1H3,(H,18,19). The quantitative estimate of drug-likeness (QED) is 0.889. The van der Waals surface area contributed by atoms with Gasteiger partial charge in [0.15, 0.2) is 0 Å². The van der Waals surface area contributed by atoms with Crippen LogP contribution in [0.25, 0.3) is 0 Å². The minimum atomic E-state index is -0.836. The SMILES string of the molecule is COCCc1ccccc1N1CC(C(=O)O)CCC1=O. The van der Waals surface area contributed by atoms with Gasteiger partial charge in [-0.2, -0.15) is 0 Å². The average Bonchev–Trinajstić information content (AvgIpc) is 2.46. The number of rotatable bonds is 5. The largest absolute Gasteiger partial charge is 0.481 e. The second-order valence-electron chi connectivity index (χ2n) is 4.95. The lowest BCUT2D eigenvalue weighted by Gasteiger charge is -2.32. The highest BCUT2D eigenvalue weighted by Gasteiger charge is 2.31. The summed E-state index contributed by atoms with van der Waals surface area (Å²) < 4.78 is 5.08. The van der Waals surface area contributed by atoms with Crippen LogP contribution in [0, 0.1) is 5.92 Å². The molecule has 1 aromatic carbocycles. The molecule has 0 radical (unpaired) electrons. The van der Waals surface area contributed by atoms with Crippen molar-refractivity contribution in [3.63, 3.8) is 0 Å². The van der Waals surface area contributed by atoms with Crippen LogP contribution in [0.2, 0.25) is 0 Å². The maximum absolute atomic E-state index is 12.1. The second-order valence-corrected chi connectivity index (χ2v) is 4.95. The number of carboxylic acid groups (broad SMARTS) is 1. The van der Waals surface area contributed by atoms with Crippen molar-refractivity contribution in [2.45, 2.75) is 19.3 Å². The van der Waals surface area contributed by atoms with E-state index in [-0.39, 0.29) is 18.9 Å². The number of carbonyl (C=O) groups is 2. The molecule has 0 aromatic heterocycles. The molecule has 1 aliphatic heterocycles. The van der Waals surface area contributed by atoms with Gasteiger partial charge in [-0.1, -0.05) is 18.2 Å². The molecule has 0 bridgehead atoms. The zero-order valence-corrected chi connectivity index (χ0v) is 11.5. The van der Waals surface area contributed by atoms with Crippen LogP contribution in [0.3, 0.4) is 0 Å². The molecule has 1 atom stereocenters. The summed E-state index contributed by atoms with van der Waals surface area (Å²) in [7, 11) is 1.63.